The lowest BCUT2D eigenvalue weighted by atomic mass is 10.0. The number of hydrogen-bond donors (Lipinski definition) is 1. The zero-order valence-electron chi connectivity index (χ0n) is 12.2. The second-order valence-electron chi connectivity index (χ2n) is 5.71. The van der Waals surface area contributed by atoms with Gasteiger partial charge >= 0.3 is 6.18 Å². The van der Waals surface area contributed by atoms with Crippen LogP contribution in [0, 0.1) is 11.3 Å². The third-order valence-corrected chi connectivity index (χ3v) is 4.32. The van der Waals surface area contributed by atoms with Crippen molar-refractivity contribution in [1.82, 2.24) is 0 Å². The van der Waals surface area contributed by atoms with E-state index in [0.717, 1.165) is 10.8 Å². The molecule has 1 saturated heterocycles. The molecule has 1 N–H and O–H groups in total. The number of benzene rings is 2. The topological polar surface area (TPSA) is 47.3 Å². The van der Waals surface area contributed by atoms with Gasteiger partial charge in [0.15, 0.2) is 6.10 Å². The Hall–Kier alpha value is -2.26. The van der Waals surface area contributed by atoms with Crippen LogP contribution in [0.4, 0.5) is 18.9 Å². The maximum Gasteiger partial charge on any atom is 0.416 e. The molecule has 0 aromatic heterocycles. The Kier molecular flexibility index (Phi) is 3.90. The summed E-state index contributed by atoms with van der Waals surface area (Å²) in [4.78, 5) is 1.61. The SMILES string of the molecule is N#Cc1cccc2cc(N3CCC[C@H]3C(O)C(F)(F)F)ccc12. The molecule has 2 aromatic rings. The first kappa shape index (κ1) is 15.6. The third kappa shape index (κ3) is 2.84. The Morgan fingerprint density at radius 3 is 2.74 bits per heavy atom. The van der Waals surface area contributed by atoms with Crippen molar-refractivity contribution in [2.24, 2.45) is 0 Å². The summed E-state index contributed by atoms with van der Waals surface area (Å²) in [7, 11) is 0. The standard InChI is InChI=1S/C17H15F3N2O/c18-17(19,20)16(23)15-5-2-8-22(15)13-6-7-14-11(9-13)3-1-4-12(14)10-21/h1,3-4,6-7,9,15-16,23H,2,5,8H2/t15-,16?/m0/s1. The van der Waals surface area contributed by atoms with E-state index in [1.807, 2.05) is 6.07 Å². The number of anilines is 1. The lowest BCUT2D eigenvalue weighted by Crippen LogP contribution is -2.47. The summed E-state index contributed by atoms with van der Waals surface area (Å²) >= 11 is 0. The van der Waals surface area contributed by atoms with Gasteiger partial charge in [0.05, 0.1) is 17.7 Å². The molecule has 2 aromatic carbocycles. The van der Waals surface area contributed by atoms with E-state index in [-0.39, 0.29) is 0 Å². The fraction of sp³-hybridized carbons (Fsp3) is 0.353. The number of nitriles is 1. The second-order valence-corrected chi connectivity index (χ2v) is 5.71. The van der Waals surface area contributed by atoms with Crippen LogP contribution in [0.15, 0.2) is 36.4 Å². The Morgan fingerprint density at radius 1 is 1.26 bits per heavy atom. The monoisotopic (exact) mass is 320 g/mol. The molecule has 0 amide bonds. The Bertz CT molecular complexity index is 767. The zero-order valence-corrected chi connectivity index (χ0v) is 12.2. The van der Waals surface area contributed by atoms with Gasteiger partial charge in [0.2, 0.25) is 0 Å². The summed E-state index contributed by atoms with van der Waals surface area (Å²) in [5.41, 5.74) is 1.17. The van der Waals surface area contributed by atoms with E-state index in [4.69, 9.17) is 5.26 Å². The van der Waals surface area contributed by atoms with E-state index in [0.29, 0.717) is 30.6 Å². The fourth-order valence-corrected chi connectivity index (χ4v) is 3.21. The molecule has 1 fully saturated rings. The van der Waals surface area contributed by atoms with Crippen LogP contribution in [-0.2, 0) is 0 Å². The predicted octanol–water partition coefficient (Wildman–Crippen LogP) is 3.60. The van der Waals surface area contributed by atoms with Gasteiger partial charge in [-0.15, -0.1) is 0 Å². The normalized spacial score (nSPS) is 19.8. The molecule has 1 heterocycles. The van der Waals surface area contributed by atoms with Crippen LogP contribution in [0.25, 0.3) is 10.8 Å². The van der Waals surface area contributed by atoms with Crippen molar-refractivity contribution < 1.29 is 18.3 Å². The lowest BCUT2D eigenvalue weighted by Gasteiger charge is -2.31. The third-order valence-electron chi connectivity index (χ3n) is 4.32. The lowest BCUT2D eigenvalue weighted by molar-refractivity contribution is -0.209. The number of aliphatic hydroxyl groups is 1. The molecule has 1 unspecified atom stereocenters. The van der Waals surface area contributed by atoms with Crippen LogP contribution in [0.5, 0.6) is 0 Å². The molecular weight excluding hydrogens is 305 g/mol. The van der Waals surface area contributed by atoms with Gasteiger partial charge in [-0.2, -0.15) is 18.4 Å². The average Bonchev–Trinajstić information content (AvgIpc) is 3.01. The molecule has 3 nitrogen and oxygen atoms in total. The minimum atomic E-state index is -4.63. The Labute approximate surface area is 131 Å². The summed E-state index contributed by atoms with van der Waals surface area (Å²) < 4.78 is 38.5. The van der Waals surface area contributed by atoms with E-state index >= 15 is 0 Å². The molecule has 3 rings (SSSR count). The first-order valence-corrected chi connectivity index (χ1v) is 7.36. The largest absolute Gasteiger partial charge is 0.416 e. The van der Waals surface area contributed by atoms with Gasteiger partial charge < -0.3 is 10.0 Å². The summed E-state index contributed by atoms with van der Waals surface area (Å²) in [5, 5.41) is 20.3. The number of nitrogens with zero attached hydrogens (tertiary/aromatic N) is 2. The molecule has 1 aliphatic rings. The van der Waals surface area contributed by atoms with Crippen molar-refractivity contribution in [2.45, 2.75) is 31.2 Å². The number of rotatable bonds is 2. The van der Waals surface area contributed by atoms with Gasteiger partial charge in [0.25, 0.3) is 0 Å². The molecule has 0 aliphatic carbocycles. The molecule has 120 valence electrons. The van der Waals surface area contributed by atoms with Crippen molar-refractivity contribution in [3.8, 4) is 6.07 Å². The van der Waals surface area contributed by atoms with E-state index in [9.17, 15) is 18.3 Å². The van der Waals surface area contributed by atoms with Gasteiger partial charge in [-0.1, -0.05) is 18.2 Å². The quantitative estimate of drug-likeness (QED) is 0.919. The van der Waals surface area contributed by atoms with Gasteiger partial charge in [0.1, 0.15) is 0 Å². The van der Waals surface area contributed by atoms with Crippen molar-refractivity contribution in [1.29, 1.82) is 5.26 Å². The molecular formula is C17H15F3N2O. The molecule has 2 atom stereocenters. The van der Waals surface area contributed by atoms with Gasteiger partial charge in [-0.25, -0.2) is 0 Å². The number of halogens is 3. The van der Waals surface area contributed by atoms with Crippen molar-refractivity contribution >= 4 is 16.5 Å². The van der Waals surface area contributed by atoms with Crippen LogP contribution < -0.4 is 4.90 Å². The van der Waals surface area contributed by atoms with Gasteiger partial charge in [-0.3, -0.25) is 0 Å². The first-order valence-electron chi connectivity index (χ1n) is 7.36. The number of aliphatic hydroxyl groups excluding tert-OH is 1. The number of alkyl halides is 3. The summed E-state index contributed by atoms with van der Waals surface area (Å²) in [6, 6.07) is 11.6. The minimum absolute atomic E-state index is 0.303. The minimum Gasteiger partial charge on any atom is -0.382 e. The fourth-order valence-electron chi connectivity index (χ4n) is 3.21. The van der Waals surface area contributed by atoms with Crippen LogP contribution in [0.1, 0.15) is 18.4 Å². The first-order chi connectivity index (χ1) is 10.9. The second kappa shape index (κ2) is 5.74. The van der Waals surface area contributed by atoms with Crippen molar-refractivity contribution in [2.75, 3.05) is 11.4 Å². The van der Waals surface area contributed by atoms with Crippen LogP contribution in [0.2, 0.25) is 0 Å². The van der Waals surface area contributed by atoms with E-state index < -0.39 is 18.3 Å². The highest BCUT2D eigenvalue weighted by atomic mass is 19.4. The predicted molar refractivity (Wildman–Crippen MR) is 81.1 cm³/mol. The van der Waals surface area contributed by atoms with Crippen LogP contribution >= 0.6 is 0 Å². The van der Waals surface area contributed by atoms with Crippen molar-refractivity contribution in [3.63, 3.8) is 0 Å². The molecule has 23 heavy (non-hydrogen) atoms. The van der Waals surface area contributed by atoms with Gasteiger partial charge in [-0.05, 0) is 41.8 Å². The van der Waals surface area contributed by atoms with E-state index in [2.05, 4.69) is 6.07 Å². The molecule has 1 aliphatic heterocycles. The highest BCUT2D eigenvalue weighted by molar-refractivity contribution is 5.90. The van der Waals surface area contributed by atoms with E-state index in [1.54, 1.807) is 35.2 Å². The highest BCUT2D eigenvalue weighted by Crippen LogP contribution is 2.35. The molecule has 0 radical (unpaired) electrons. The number of hydrogen-bond acceptors (Lipinski definition) is 3. The Morgan fingerprint density at radius 2 is 2.04 bits per heavy atom. The molecule has 0 saturated carbocycles. The number of fused-ring (bicyclic) bond motifs is 1. The molecule has 6 heteroatoms. The summed E-state index contributed by atoms with van der Waals surface area (Å²) in [6.07, 6.45) is -6.07. The molecule has 0 bridgehead atoms. The van der Waals surface area contributed by atoms with Crippen molar-refractivity contribution in [3.05, 3.63) is 42.0 Å². The van der Waals surface area contributed by atoms with Gasteiger partial charge in [0, 0.05) is 12.2 Å². The van der Waals surface area contributed by atoms with Crippen LogP contribution in [0.3, 0.4) is 0 Å². The van der Waals surface area contributed by atoms with Crippen LogP contribution in [-0.4, -0.2) is 30.0 Å². The average molecular weight is 320 g/mol. The summed E-state index contributed by atoms with van der Waals surface area (Å²) in [5.74, 6) is 0. The highest BCUT2D eigenvalue weighted by Gasteiger charge is 2.47. The molecule has 0 spiro atoms. The smallest absolute Gasteiger partial charge is 0.382 e. The Balaban J connectivity index is 1.98. The summed E-state index contributed by atoms with van der Waals surface area (Å²) in [6.45, 7) is 0.473. The zero-order chi connectivity index (χ0) is 16.6. The maximum atomic E-state index is 12.8. The maximum absolute atomic E-state index is 12.8. The van der Waals surface area contributed by atoms with E-state index in [1.165, 1.54) is 0 Å².